The number of ether oxygens (including phenoxy) is 4. The molecular formula is C53H46N2O9S. The number of hydrogen-bond donors (Lipinski definition) is 0. The molecule has 11 nitrogen and oxygen atoms in total. The molecule has 3 heterocycles. The van der Waals surface area contributed by atoms with E-state index in [1.807, 2.05) is 116 Å². The van der Waals surface area contributed by atoms with Crippen LogP contribution in [0.1, 0.15) is 61.2 Å². The molecule has 0 N–H and O–H groups in total. The summed E-state index contributed by atoms with van der Waals surface area (Å²) in [5, 5.41) is 1.31. The number of fused-ring (bicyclic) bond motifs is 2. The summed E-state index contributed by atoms with van der Waals surface area (Å²) in [5.41, 5.74) is 6.58. The highest BCUT2D eigenvalue weighted by Gasteiger charge is 2.43. The van der Waals surface area contributed by atoms with Crippen molar-refractivity contribution in [3.05, 3.63) is 197 Å². The van der Waals surface area contributed by atoms with E-state index in [0.29, 0.717) is 44.2 Å². The predicted octanol–water partition coefficient (Wildman–Crippen LogP) is 10.1. The van der Waals surface area contributed by atoms with Gasteiger partial charge in [0.25, 0.3) is 10.0 Å². The highest BCUT2D eigenvalue weighted by molar-refractivity contribution is 7.90. The zero-order valence-corrected chi connectivity index (χ0v) is 36.9. The zero-order chi connectivity index (χ0) is 45.2. The largest absolute Gasteiger partial charge is 0.461 e. The van der Waals surface area contributed by atoms with E-state index in [2.05, 4.69) is 0 Å². The first kappa shape index (κ1) is 43.0. The van der Waals surface area contributed by atoms with Crippen molar-refractivity contribution >= 4 is 49.7 Å². The number of para-hydroxylation sites is 2. The first-order valence-corrected chi connectivity index (χ1v) is 22.8. The van der Waals surface area contributed by atoms with Crippen LogP contribution in [-0.2, 0) is 46.8 Å². The van der Waals surface area contributed by atoms with Gasteiger partial charge in [0, 0.05) is 17.2 Å². The molecule has 6 aromatic carbocycles. The van der Waals surface area contributed by atoms with E-state index in [-0.39, 0.29) is 36.6 Å². The molecule has 0 saturated carbocycles. The van der Waals surface area contributed by atoms with Crippen LogP contribution in [0.4, 0.5) is 0 Å². The molecule has 0 spiro atoms. The molecule has 1 aliphatic rings. The van der Waals surface area contributed by atoms with Gasteiger partial charge in [0.2, 0.25) is 0 Å². The highest BCUT2D eigenvalue weighted by atomic mass is 32.2. The van der Waals surface area contributed by atoms with Gasteiger partial charge in [-0.05, 0) is 86.5 Å². The number of aryl methyl sites for hydroxylation is 3. The monoisotopic (exact) mass is 886 g/mol. The maximum atomic E-state index is 15.0. The Morgan fingerprint density at radius 1 is 0.662 bits per heavy atom. The molecule has 12 heteroatoms. The summed E-state index contributed by atoms with van der Waals surface area (Å²) >= 11 is 0. The van der Waals surface area contributed by atoms with E-state index in [9.17, 15) is 14.4 Å². The molecule has 1 saturated heterocycles. The topological polar surface area (TPSA) is 132 Å². The molecule has 8 aromatic rings. The predicted molar refractivity (Wildman–Crippen MR) is 247 cm³/mol. The average molecular weight is 887 g/mol. The molecule has 0 unspecified atom stereocenters. The summed E-state index contributed by atoms with van der Waals surface area (Å²) in [7, 11) is -4.29. The van der Waals surface area contributed by atoms with Crippen molar-refractivity contribution in [2.24, 2.45) is 0 Å². The van der Waals surface area contributed by atoms with Crippen LogP contribution in [0.25, 0.3) is 33.2 Å². The number of hydrogen-bond acceptors (Lipinski definition) is 9. The maximum absolute atomic E-state index is 15.0. The number of carbonyl (C=O) groups is 3. The Labute approximate surface area is 376 Å². The van der Waals surface area contributed by atoms with Crippen LogP contribution < -0.4 is 0 Å². The van der Waals surface area contributed by atoms with E-state index in [0.717, 1.165) is 22.3 Å². The minimum Gasteiger partial charge on any atom is -0.461 e. The number of aromatic nitrogens is 2. The van der Waals surface area contributed by atoms with Crippen molar-refractivity contribution in [1.29, 1.82) is 0 Å². The molecule has 1 fully saturated rings. The lowest BCUT2D eigenvalue weighted by molar-refractivity contribution is -0.144. The highest BCUT2D eigenvalue weighted by Crippen LogP contribution is 2.44. The van der Waals surface area contributed by atoms with Gasteiger partial charge in [0.05, 0.1) is 44.9 Å². The Kier molecular flexibility index (Phi) is 12.0. The maximum Gasteiger partial charge on any atom is 0.338 e. The third kappa shape index (κ3) is 8.83. The van der Waals surface area contributed by atoms with Crippen LogP contribution in [0.15, 0.2) is 163 Å². The Morgan fingerprint density at radius 3 is 1.92 bits per heavy atom. The van der Waals surface area contributed by atoms with E-state index in [1.54, 1.807) is 66.7 Å². The number of esters is 3. The molecule has 1 aliphatic heterocycles. The second-order valence-electron chi connectivity index (χ2n) is 16.3. The third-order valence-corrected chi connectivity index (χ3v) is 13.5. The van der Waals surface area contributed by atoms with E-state index >= 15 is 8.42 Å². The summed E-state index contributed by atoms with van der Waals surface area (Å²) in [5.74, 6) is -1.69. The summed E-state index contributed by atoms with van der Waals surface area (Å²) in [6.07, 6.45) is -2.93. The molecule has 328 valence electrons. The lowest BCUT2D eigenvalue weighted by Crippen LogP contribution is -2.32. The fraction of sp³-hybridized carbons (Fsp3) is 0.189. The van der Waals surface area contributed by atoms with Crippen molar-refractivity contribution in [2.45, 2.75) is 63.6 Å². The van der Waals surface area contributed by atoms with E-state index in [4.69, 9.17) is 18.9 Å². The van der Waals surface area contributed by atoms with Crippen molar-refractivity contribution in [3.63, 3.8) is 0 Å². The minimum atomic E-state index is -4.29. The quantitative estimate of drug-likeness (QED) is 0.0820. The first-order valence-electron chi connectivity index (χ1n) is 21.4. The second kappa shape index (κ2) is 18.1. The molecule has 0 aliphatic carbocycles. The fourth-order valence-electron chi connectivity index (χ4n) is 8.35. The van der Waals surface area contributed by atoms with Gasteiger partial charge in [-0.1, -0.05) is 120 Å². The van der Waals surface area contributed by atoms with E-state index < -0.39 is 46.4 Å². The number of benzene rings is 6. The van der Waals surface area contributed by atoms with Gasteiger partial charge in [-0.2, -0.15) is 0 Å². The van der Waals surface area contributed by atoms with Crippen LogP contribution in [0, 0.1) is 20.8 Å². The van der Waals surface area contributed by atoms with Crippen LogP contribution in [0.5, 0.6) is 0 Å². The summed E-state index contributed by atoms with van der Waals surface area (Å²) < 4.78 is 58.0. The lowest BCUT2D eigenvalue weighted by atomic mass is 10.1. The van der Waals surface area contributed by atoms with Gasteiger partial charge in [-0.25, -0.2) is 22.0 Å². The zero-order valence-electron chi connectivity index (χ0n) is 36.0. The summed E-state index contributed by atoms with van der Waals surface area (Å²) in [4.78, 5) is 41.2. The molecular weight excluding hydrogens is 841 g/mol. The molecule has 2 aromatic heterocycles. The first-order chi connectivity index (χ1) is 31.4. The fourth-order valence-corrected chi connectivity index (χ4v) is 9.86. The van der Waals surface area contributed by atoms with Gasteiger partial charge in [-0.15, -0.1) is 0 Å². The van der Waals surface area contributed by atoms with Gasteiger partial charge in [-0.3, -0.25) is 4.79 Å². The molecule has 0 bridgehead atoms. The van der Waals surface area contributed by atoms with Gasteiger partial charge < -0.3 is 23.5 Å². The summed E-state index contributed by atoms with van der Waals surface area (Å²) in [6.45, 7) is 5.51. The normalized spacial score (nSPS) is 16.1. The van der Waals surface area contributed by atoms with E-state index in [1.165, 1.54) is 3.97 Å². The molecule has 0 radical (unpaired) electrons. The van der Waals surface area contributed by atoms with Crippen LogP contribution in [-0.4, -0.2) is 53.7 Å². The van der Waals surface area contributed by atoms with Crippen LogP contribution in [0.2, 0.25) is 0 Å². The Morgan fingerprint density at radius 2 is 1.25 bits per heavy atom. The number of carbonyl (C=O) groups excluding carboxylic acids is 3. The van der Waals surface area contributed by atoms with Crippen molar-refractivity contribution in [2.75, 3.05) is 6.61 Å². The van der Waals surface area contributed by atoms with Crippen molar-refractivity contribution < 1.29 is 41.7 Å². The Bertz CT molecular complexity index is 3160. The van der Waals surface area contributed by atoms with Gasteiger partial charge in [0.1, 0.15) is 31.6 Å². The lowest BCUT2D eigenvalue weighted by Gasteiger charge is -2.21. The second-order valence-corrected chi connectivity index (χ2v) is 18.1. The Hall–Kier alpha value is -7.28. The number of nitrogens with zero attached hydrogens (tertiary/aromatic N) is 2. The Balaban J connectivity index is 1.19. The standard InChI is InChI=1S/C53H46N2O9S/c1-34-17-23-38(24-18-34)52(57)62-33-48-47(64-53(58)39-25-19-35(2)20-26-39)31-49(63-48)54-45-16-10-8-14-42(45)43(30-50(56)61-32-37-11-5-4-6-12-37)51(54)46-29-40-13-7-9-15-44(40)55(46)65(59,60)41-27-21-36(3)22-28-41/h4-29,47-49H,30-33H2,1-3H3/t47-,48+,49+/m0/s1. The molecule has 0 amide bonds. The van der Waals surface area contributed by atoms with Crippen LogP contribution in [0.3, 0.4) is 0 Å². The molecule has 9 rings (SSSR count). The SMILES string of the molecule is Cc1ccc(C(=O)OC[C@H]2O[C@@H](n3c(-c4cc5ccccc5n4S(=O)(=O)c4ccc(C)cc4)c(CC(=O)OCc4ccccc4)c4ccccc43)C[C@@H]2OC(=O)c2ccc(C)cc2)cc1. The minimum absolute atomic E-state index is 0.0401. The average Bonchev–Trinajstić information content (AvgIpc) is 4.00. The number of rotatable bonds is 13. The van der Waals surface area contributed by atoms with Crippen molar-refractivity contribution in [3.8, 4) is 11.4 Å². The van der Waals surface area contributed by atoms with Gasteiger partial charge in [0.15, 0.2) is 0 Å². The molecule has 65 heavy (non-hydrogen) atoms. The smallest absolute Gasteiger partial charge is 0.338 e. The summed E-state index contributed by atoms with van der Waals surface area (Å²) in [6, 6.07) is 46.5. The third-order valence-electron chi connectivity index (χ3n) is 11.7. The van der Waals surface area contributed by atoms with Crippen LogP contribution >= 0.6 is 0 Å². The molecule has 3 atom stereocenters. The van der Waals surface area contributed by atoms with Gasteiger partial charge >= 0.3 is 17.9 Å². The van der Waals surface area contributed by atoms with Crippen molar-refractivity contribution in [1.82, 2.24) is 8.54 Å².